The molecule has 0 heterocycles. The first-order valence-corrected chi connectivity index (χ1v) is 4.84. The standard InChI is InChI=1S/C10H21NO2/c1-5-9(2)11(6-7-13-4)8-10(3)12/h9H,5-8H2,1-4H3. The number of rotatable bonds is 7. The number of methoxy groups -OCH3 is 1. The molecule has 1 atom stereocenters. The molecule has 0 saturated heterocycles. The van der Waals surface area contributed by atoms with Gasteiger partial charge in [0.1, 0.15) is 5.78 Å². The molecule has 0 saturated carbocycles. The lowest BCUT2D eigenvalue weighted by Crippen LogP contribution is -2.38. The van der Waals surface area contributed by atoms with Crippen LogP contribution in [0.25, 0.3) is 0 Å². The van der Waals surface area contributed by atoms with E-state index in [-0.39, 0.29) is 5.78 Å². The van der Waals surface area contributed by atoms with E-state index in [1.165, 1.54) is 0 Å². The lowest BCUT2D eigenvalue weighted by molar-refractivity contribution is -0.118. The molecule has 1 unspecified atom stereocenters. The molecule has 0 aromatic heterocycles. The van der Waals surface area contributed by atoms with Crippen LogP contribution in [0.4, 0.5) is 0 Å². The molecule has 0 aliphatic rings. The van der Waals surface area contributed by atoms with Gasteiger partial charge in [-0.3, -0.25) is 9.69 Å². The molecule has 3 nitrogen and oxygen atoms in total. The van der Waals surface area contributed by atoms with Crippen molar-refractivity contribution < 1.29 is 9.53 Å². The van der Waals surface area contributed by atoms with Crippen LogP contribution < -0.4 is 0 Å². The molecule has 0 aromatic carbocycles. The molecule has 3 heteroatoms. The third-order valence-corrected chi connectivity index (χ3v) is 2.22. The van der Waals surface area contributed by atoms with Crippen molar-refractivity contribution in [1.82, 2.24) is 4.90 Å². The van der Waals surface area contributed by atoms with Crippen molar-refractivity contribution in [2.75, 3.05) is 26.8 Å². The van der Waals surface area contributed by atoms with Crippen molar-refractivity contribution in [2.45, 2.75) is 33.2 Å². The highest BCUT2D eigenvalue weighted by atomic mass is 16.5. The number of hydrogen-bond acceptors (Lipinski definition) is 3. The SMILES string of the molecule is CCC(C)N(CCOC)CC(C)=O. The van der Waals surface area contributed by atoms with Crippen LogP contribution in [0.1, 0.15) is 27.2 Å². The highest BCUT2D eigenvalue weighted by molar-refractivity contribution is 5.77. The minimum atomic E-state index is 0.219. The maximum atomic E-state index is 11.0. The zero-order valence-corrected chi connectivity index (χ0v) is 9.17. The Balaban J connectivity index is 3.94. The Hall–Kier alpha value is -0.410. The van der Waals surface area contributed by atoms with Gasteiger partial charge in [-0.25, -0.2) is 0 Å². The Bertz CT molecular complexity index is 148. The summed E-state index contributed by atoms with van der Waals surface area (Å²) in [6.45, 7) is 7.96. The molecule has 0 rings (SSSR count). The average molecular weight is 187 g/mol. The van der Waals surface area contributed by atoms with Gasteiger partial charge in [-0.15, -0.1) is 0 Å². The van der Waals surface area contributed by atoms with Crippen LogP contribution in [0, 0.1) is 0 Å². The largest absolute Gasteiger partial charge is 0.383 e. The van der Waals surface area contributed by atoms with Crippen molar-refractivity contribution in [2.24, 2.45) is 0 Å². The first-order chi connectivity index (χ1) is 6.11. The highest BCUT2D eigenvalue weighted by Crippen LogP contribution is 2.02. The van der Waals surface area contributed by atoms with E-state index < -0.39 is 0 Å². The van der Waals surface area contributed by atoms with Gasteiger partial charge in [-0.2, -0.15) is 0 Å². The molecule has 0 aliphatic heterocycles. The predicted molar refractivity (Wildman–Crippen MR) is 53.9 cm³/mol. The van der Waals surface area contributed by atoms with Gasteiger partial charge in [0.05, 0.1) is 13.2 Å². The van der Waals surface area contributed by atoms with E-state index in [9.17, 15) is 4.79 Å². The van der Waals surface area contributed by atoms with Crippen molar-refractivity contribution in [3.05, 3.63) is 0 Å². The first kappa shape index (κ1) is 12.6. The van der Waals surface area contributed by atoms with Gasteiger partial charge in [0, 0.05) is 19.7 Å². The van der Waals surface area contributed by atoms with Crippen molar-refractivity contribution >= 4 is 5.78 Å². The summed E-state index contributed by atoms with van der Waals surface area (Å²) in [5, 5.41) is 0. The van der Waals surface area contributed by atoms with Gasteiger partial charge in [-0.1, -0.05) is 6.92 Å². The number of carbonyl (C=O) groups excluding carboxylic acids is 1. The van der Waals surface area contributed by atoms with E-state index in [0.717, 1.165) is 13.0 Å². The second-order valence-corrected chi connectivity index (χ2v) is 3.42. The Labute approximate surface area is 81.1 Å². The summed E-state index contributed by atoms with van der Waals surface area (Å²) in [6.07, 6.45) is 1.07. The van der Waals surface area contributed by atoms with Crippen molar-refractivity contribution in [3.63, 3.8) is 0 Å². The summed E-state index contributed by atoms with van der Waals surface area (Å²) in [5.74, 6) is 0.219. The van der Waals surface area contributed by atoms with Crippen LogP contribution in [0.2, 0.25) is 0 Å². The van der Waals surface area contributed by atoms with E-state index in [4.69, 9.17) is 4.74 Å². The summed E-state index contributed by atoms with van der Waals surface area (Å²) in [6, 6.07) is 0.457. The quantitative estimate of drug-likeness (QED) is 0.602. The zero-order valence-electron chi connectivity index (χ0n) is 9.17. The molecule has 0 radical (unpaired) electrons. The van der Waals surface area contributed by atoms with Crippen LogP contribution in [-0.4, -0.2) is 43.5 Å². The fourth-order valence-electron chi connectivity index (χ4n) is 1.21. The second kappa shape index (κ2) is 7.04. The smallest absolute Gasteiger partial charge is 0.143 e. The van der Waals surface area contributed by atoms with Gasteiger partial charge in [0.2, 0.25) is 0 Å². The summed E-state index contributed by atoms with van der Waals surface area (Å²) >= 11 is 0. The molecule has 0 amide bonds. The van der Waals surface area contributed by atoms with Gasteiger partial charge >= 0.3 is 0 Å². The minimum Gasteiger partial charge on any atom is -0.383 e. The second-order valence-electron chi connectivity index (χ2n) is 3.42. The van der Waals surface area contributed by atoms with Crippen LogP contribution >= 0.6 is 0 Å². The van der Waals surface area contributed by atoms with E-state index in [2.05, 4.69) is 18.7 Å². The molecule has 0 fully saturated rings. The Morgan fingerprint density at radius 1 is 1.54 bits per heavy atom. The average Bonchev–Trinajstić information content (AvgIpc) is 2.10. The summed E-state index contributed by atoms with van der Waals surface area (Å²) < 4.78 is 5.00. The van der Waals surface area contributed by atoms with Gasteiger partial charge in [0.15, 0.2) is 0 Å². The van der Waals surface area contributed by atoms with Crippen LogP contribution in [0.15, 0.2) is 0 Å². The Morgan fingerprint density at radius 2 is 2.15 bits per heavy atom. The number of hydrogen-bond donors (Lipinski definition) is 0. The highest BCUT2D eigenvalue weighted by Gasteiger charge is 2.12. The fraction of sp³-hybridized carbons (Fsp3) is 0.900. The fourth-order valence-corrected chi connectivity index (χ4v) is 1.21. The van der Waals surface area contributed by atoms with Crippen molar-refractivity contribution in [1.29, 1.82) is 0 Å². The normalized spacial score (nSPS) is 13.3. The van der Waals surface area contributed by atoms with Crippen molar-refractivity contribution in [3.8, 4) is 0 Å². The predicted octanol–water partition coefficient (Wildman–Crippen LogP) is 1.32. The van der Waals surface area contributed by atoms with E-state index in [1.54, 1.807) is 14.0 Å². The van der Waals surface area contributed by atoms with E-state index >= 15 is 0 Å². The monoisotopic (exact) mass is 187 g/mol. The molecule has 13 heavy (non-hydrogen) atoms. The maximum absolute atomic E-state index is 11.0. The molecule has 0 bridgehead atoms. The number of carbonyl (C=O) groups is 1. The van der Waals surface area contributed by atoms with E-state index in [1.807, 2.05) is 0 Å². The van der Waals surface area contributed by atoms with Gasteiger partial charge in [0.25, 0.3) is 0 Å². The molecule has 78 valence electrons. The lowest BCUT2D eigenvalue weighted by atomic mass is 10.2. The number of ether oxygens (including phenoxy) is 1. The molecular formula is C10H21NO2. The van der Waals surface area contributed by atoms with E-state index in [0.29, 0.717) is 19.2 Å². The summed E-state index contributed by atoms with van der Waals surface area (Å²) in [5.41, 5.74) is 0. The zero-order chi connectivity index (χ0) is 10.3. The Morgan fingerprint density at radius 3 is 2.54 bits per heavy atom. The Kier molecular flexibility index (Phi) is 6.82. The maximum Gasteiger partial charge on any atom is 0.143 e. The van der Waals surface area contributed by atoms with Crippen LogP contribution in [-0.2, 0) is 9.53 Å². The minimum absolute atomic E-state index is 0.219. The summed E-state index contributed by atoms with van der Waals surface area (Å²) in [7, 11) is 1.68. The first-order valence-electron chi connectivity index (χ1n) is 4.84. The lowest BCUT2D eigenvalue weighted by Gasteiger charge is -2.26. The molecule has 0 aromatic rings. The van der Waals surface area contributed by atoms with Gasteiger partial charge < -0.3 is 4.74 Å². The van der Waals surface area contributed by atoms with Gasteiger partial charge in [-0.05, 0) is 20.3 Å². The van der Waals surface area contributed by atoms with Crippen LogP contribution in [0.5, 0.6) is 0 Å². The molecular weight excluding hydrogens is 166 g/mol. The third-order valence-electron chi connectivity index (χ3n) is 2.22. The van der Waals surface area contributed by atoms with Crippen LogP contribution in [0.3, 0.4) is 0 Å². The molecule has 0 aliphatic carbocycles. The number of Topliss-reactive ketones (excluding diaryl/α,β-unsaturated/α-hetero) is 1. The molecule has 0 N–H and O–H groups in total. The number of nitrogens with zero attached hydrogens (tertiary/aromatic N) is 1. The molecule has 0 spiro atoms. The number of ketones is 1. The topological polar surface area (TPSA) is 29.5 Å². The third kappa shape index (κ3) is 5.77. The summed E-state index contributed by atoms with van der Waals surface area (Å²) in [4.78, 5) is 13.1.